The summed E-state index contributed by atoms with van der Waals surface area (Å²) in [5.74, 6) is -0.213. The van der Waals surface area contributed by atoms with Crippen LogP contribution in [0.4, 0.5) is 10.5 Å². The fourth-order valence-electron chi connectivity index (χ4n) is 3.73. The number of hydrogen-bond acceptors (Lipinski definition) is 3. The van der Waals surface area contributed by atoms with Crippen LogP contribution in [0.3, 0.4) is 0 Å². The van der Waals surface area contributed by atoms with Gasteiger partial charge in [0, 0.05) is 15.7 Å². The van der Waals surface area contributed by atoms with Crippen LogP contribution in [0.2, 0.25) is 0 Å². The van der Waals surface area contributed by atoms with Crippen LogP contribution in [0.1, 0.15) is 22.3 Å². The second kappa shape index (κ2) is 9.51. The Hall–Kier alpha value is -2.87. The summed E-state index contributed by atoms with van der Waals surface area (Å²) in [6.07, 6.45) is -0.0379. The average Bonchev–Trinajstić information content (AvgIpc) is 2.79. The van der Waals surface area contributed by atoms with Crippen molar-refractivity contribution in [3.63, 3.8) is 0 Å². The number of hydrogen-bond donors (Lipinski definition) is 1. The van der Waals surface area contributed by atoms with Gasteiger partial charge in [-0.2, -0.15) is 0 Å². The minimum Gasteiger partial charge on any atom is -0.445 e. The summed E-state index contributed by atoms with van der Waals surface area (Å²) in [6.45, 7) is 2.47. The van der Waals surface area contributed by atoms with Gasteiger partial charge in [0.2, 0.25) is 5.91 Å². The monoisotopic (exact) mass is 526 g/mol. The highest BCUT2D eigenvalue weighted by Crippen LogP contribution is 2.26. The Morgan fingerprint density at radius 3 is 2.48 bits per heavy atom. The SMILES string of the molecule is Cc1cc(I)ccc1NC(=O)[C@@H]1Cc2ccccc2CN1C(=O)OCc1ccccc1. The van der Waals surface area contributed by atoms with Crippen LogP contribution in [0.15, 0.2) is 72.8 Å². The number of rotatable bonds is 4. The molecule has 3 aromatic carbocycles. The van der Waals surface area contributed by atoms with Crippen molar-refractivity contribution in [1.29, 1.82) is 0 Å². The molecule has 1 atom stereocenters. The van der Waals surface area contributed by atoms with Crippen molar-refractivity contribution >= 4 is 40.3 Å². The maximum atomic E-state index is 13.2. The van der Waals surface area contributed by atoms with Gasteiger partial charge in [0.15, 0.2) is 0 Å². The molecular weight excluding hydrogens is 503 g/mol. The van der Waals surface area contributed by atoms with E-state index >= 15 is 0 Å². The Balaban J connectivity index is 1.54. The molecule has 0 spiro atoms. The third kappa shape index (κ3) is 5.07. The molecule has 0 aromatic heterocycles. The molecule has 1 aliphatic rings. The number of fused-ring (bicyclic) bond motifs is 1. The molecular formula is C25H23IN2O3. The number of ether oxygens (including phenoxy) is 1. The lowest BCUT2D eigenvalue weighted by molar-refractivity contribution is -0.121. The number of anilines is 1. The number of halogens is 1. The van der Waals surface area contributed by atoms with Crippen LogP contribution >= 0.6 is 22.6 Å². The normalized spacial score (nSPS) is 15.2. The van der Waals surface area contributed by atoms with Crippen LogP contribution in [0.25, 0.3) is 0 Å². The number of benzene rings is 3. The highest BCUT2D eigenvalue weighted by Gasteiger charge is 2.35. The van der Waals surface area contributed by atoms with E-state index in [0.29, 0.717) is 13.0 Å². The van der Waals surface area contributed by atoms with Crippen LogP contribution in [-0.4, -0.2) is 22.9 Å². The first-order valence-electron chi connectivity index (χ1n) is 10.1. The zero-order chi connectivity index (χ0) is 21.8. The van der Waals surface area contributed by atoms with E-state index in [9.17, 15) is 9.59 Å². The van der Waals surface area contributed by atoms with Gasteiger partial charge in [-0.05, 0) is 70.0 Å². The number of aryl methyl sites for hydroxylation is 1. The van der Waals surface area contributed by atoms with E-state index in [-0.39, 0.29) is 12.5 Å². The summed E-state index contributed by atoms with van der Waals surface area (Å²) in [7, 11) is 0. The van der Waals surface area contributed by atoms with Crippen LogP contribution in [0.5, 0.6) is 0 Å². The molecule has 0 fully saturated rings. The van der Waals surface area contributed by atoms with Crippen molar-refractivity contribution in [3.8, 4) is 0 Å². The van der Waals surface area contributed by atoms with E-state index in [0.717, 1.165) is 31.5 Å². The molecule has 1 aliphatic heterocycles. The van der Waals surface area contributed by atoms with Gasteiger partial charge in [0.1, 0.15) is 12.6 Å². The molecule has 0 bridgehead atoms. The van der Waals surface area contributed by atoms with Crippen LogP contribution in [0, 0.1) is 10.5 Å². The molecule has 0 aliphatic carbocycles. The van der Waals surface area contributed by atoms with E-state index < -0.39 is 12.1 Å². The van der Waals surface area contributed by atoms with Crippen molar-refractivity contribution in [2.24, 2.45) is 0 Å². The molecule has 6 heteroatoms. The molecule has 0 radical (unpaired) electrons. The van der Waals surface area contributed by atoms with Crippen molar-refractivity contribution in [2.45, 2.75) is 32.5 Å². The quantitative estimate of drug-likeness (QED) is 0.470. The fraction of sp³-hybridized carbons (Fsp3) is 0.200. The zero-order valence-corrected chi connectivity index (χ0v) is 19.3. The van der Waals surface area contributed by atoms with Gasteiger partial charge in [-0.3, -0.25) is 9.69 Å². The lowest BCUT2D eigenvalue weighted by Crippen LogP contribution is -2.50. The first kappa shape index (κ1) is 21.4. The predicted molar refractivity (Wildman–Crippen MR) is 129 cm³/mol. The number of carbonyl (C=O) groups excluding carboxylic acids is 2. The van der Waals surface area contributed by atoms with Crippen LogP contribution < -0.4 is 5.32 Å². The molecule has 0 saturated heterocycles. The van der Waals surface area contributed by atoms with Crippen molar-refractivity contribution < 1.29 is 14.3 Å². The lowest BCUT2D eigenvalue weighted by atomic mass is 9.93. The molecule has 0 unspecified atom stereocenters. The van der Waals surface area contributed by atoms with Gasteiger partial charge in [-0.15, -0.1) is 0 Å². The summed E-state index contributed by atoms with van der Waals surface area (Å²) in [5.41, 5.74) is 4.75. The molecule has 31 heavy (non-hydrogen) atoms. The summed E-state index contributed by atoms with van der Waals surface area (Å²) >= 11 is 2.24. The van der Waals surface area contributed by atoms with Gasteiger partial charge in [0.25, 0.3) is 0 Å². The molecule has 2 amide bonds. The topological polar surface area (TPSA) is 58.6 Å². The first-order valence-corrected chi connectivity index (χ1v) is 11.2. The predicted octanol–water partition coefficient (Wildman–Crippen LogP) is 5.30. The van der Waals surface area contributed by atoms with E-state index in [2.05, 4.69) is 27.9 Å². The van der Waals surface area contributed by atoms with Gasteiger partial charge < -0.3 is 10.1 Å². The highest BCUT2D eigenvalue weighted by molar-refractivity contribution is 14.1. The minimum absolute atomic E-state index is 0.169. The van der Waals surface area contributed by atoms with Gasteiger partial charge in [-0.1, -0.05) is 54.6 Å². The van der Waals surface area contributed by atoms with Crippen molar-refractivity contribution in [2.75, 3.05) is 5.32 Å². The third-order valence-corrected chi connectivity index (χ3v) is 6.11. The molecule has 3 aromatic rings. The second-order valence-electron chi connectivity index (χ2n) is 7.61. The van der Waals surface area contributed by atoms with Crippen molar-refractivity contribution in [1.82, 2.24) is 4.90 Å². The maximum Gasteiger partial charge on any atom is 0.411 e. The summed E-state index contributed by atoms with van der Waals surface area (Å²) < 4.78 is 6.66. The third-order valence-electron chi connectivity index (χ3n) is 5.44. The Bertz CT molecular complexity index is 1100. The van der Waals surface area contributed by atoms with E-state index in [1.54, 1.807) is 0 Å². The summed E-state index contributed by atoms with van der Waals surface area (Å²) in [5, 5.41) is 3.00. The first-order chi connectivity index (χ1) is 15.0. The van der Waals surface area contributed by atoms with Crippen molar-refractivity contribution in [3.05, 3.63) is 98.6 Å². The maximum absolute atomic E-state index is 13.2. The number of amides is 2. The van der Waals surface area contributed by atoms with E-state index in [1.165, 1.54) is 4.90 Å². The number of nitrogens with zero attached hydrogens (tertiary/aromatic N) is 1. The fourth-order valence-corrected chi connectivity index (χ4v) is 4.38. The highest BCUT2D eigenvalue weighted by atomic mass is 127. The van der Waals surface area contributed by atoms with E-state index in [4.69, 9.17) is 4.74 Å². The average molecular weight is 526 g/mol. The Morgan fingerprint density at radius 2 is 1.74 bits per heavy atom. The molecule has 1 N–H and O–H groups in total. The Morgan fingerprint density at radius 1 is 1.03 bits per heavy atom. The standard InChI is InChI=1S/C25H23IN2O3/c1-17-13-21(26)11-12-22(17)27-24(29)23-14-19-9-5-6-10-20(19)15-28(23)25(30)31-16-18-7-3-2-4-8-18/h2-13,23H,14-16H2,1H3,(H,27,29)/t23-/m0/s1. The molecule has 1 heterocycles. The van der Waals surface area contributed by atoms with E-state index in [1.807, 2.05) is 79.7 Å². The zero-order valence-electron chi connectivity index (χ0n) is 17.2. The largest absolute Gasteiger partial charge is 0.445 e. The smallest absolute Gasteiger partial charge is 0.411 e. The Labute approximate surface area is 195 Å². The molecule has 0 saturated carbocycles. The molecule has 158 valence electrons. The summed E-state index contributed by atoms with van der Waals surface area (Å²) in [6, 6.07) is 22.7. The number of carbonyl (C=O) groups is 2. The minimum atomic E-state index is -0.642. The second-order valence-corrected chi connectivity index (χ2v) is 8.85. The lowest BCUT2D eigenvalue weighted by Gasteiger charge is -2.35. The van der Waals surface area contributed by atoms with Crippen LogP contribution in [-0.2, 0) is 29.1 Å². The van der Waals surface area contributed by atoms with Gasteiger partial charge in [0.05, 0.1) is 6.54 Å². The molecule has 5 nitrogen and oxygen atoms in total. The van der Waals surface area contributed by atoms with Gasteiger partial charge in [-0.25, -0.2) is 4.79 Å². The van der Waals surface area contributed by atoms with Gasteiger partial charge >= 0.3 is 6.09 Å². The summed E-state index contributed by atoms with van der Waals surface area (Å²) in [4.78, 5) is 27.8. The molecule has 4 rings (SSSR count). The Kier molecular flexibility index (Phi) is 6.56. The number of nitrogens with one attached hydrogen (secondary N) is 1.